The molecule has 0 aromatic heterocycles. The molecule has 0 spiro atoms. The van der Waals surface area contributed by atoms with Gasteiger partial charge in [0.25, 0.3) is 0 Å². The normalized spacial score (nSPS) is 13.8. The molecule has 2 atom stereocenters. The molecule has 0 aliphatic rings. The van der Waals surface area contributed by atoms with Crippen LogP contribution in [0.4, 0.5) is 0 Å². The first-order valence-electron chi connectivity index (χ1n) is 8.56. The number of hydrogen-bond acceptors (Lipinski definition) is 4. The van der Waals surface area contributed by atoms with Crippen molar-refractivity contribution >= 4 is 11.9 Å². The summed E-state index contributed by atoms with van der Waals surface area (Å²) in [6, 6.07) is 0. The maximum absolute atomic E-state index is 12.2. The van der Waals surface area contributed by atoms with Gasteiger partial charge in [-0.2, -0.15) is 0 Å². The van der Waals surface area contributed by atoms with Gasteiger partial charge in [-0.15, -0.1) is 0 Å². The molecule has 0 bridgehead atoms. The Labute approximate surface area is 135 Å². The summed E-state index contributed by atoms with van der Waals surface area (Å²) < 4.78 is 10.5. The first-order valence-corrected chi connectivity index (χ1v) is 8.56. The van der Waals surface area contributed by atoms with E-state index in [9.17, 15) is 9.59 Å². The Balaban J connectivity index is 4.62. The second kappa shape index (κ2) is 13.4. The molecule has 128 valence electrons. The molecule has 0 aromatic rings. The van der Waals surface area contributed by atoms with Gasteiger partial charge in [0.05, 0.1) is 25.0 Å². The highest BCUT2D eigenvalue weighted by molar-refractivity contribution is 5.82. The van der Waals surface area contributed by atoms with Crippen LogP contribution in [0.1, 0.15) is 66.2 Å². The first-order chi connectivity index (χ1) is 10.6. The van der Waals surface area contributed by atoms with E-state index in [2.05, 4.69) is 0 Å². The quantitative estimate of drug-likeness (QED) is 0.306. The SMILES string of the molecule is CCC=CCC(C(=O)OCCCC)C(C)C(=O)OCCCC. The average Bonchev–Trinajstić information content (AvgIpc) is 2.51. The van der Waals surface area contributed by atoms with E-state index in [0.717, 1.165) is 32.1 Å². The fourth-order valence-corrected chi connectivity index (χ4v) is 1.95. The Hall–Kier alpha value is -1.32. The lowest BCUT2D eigenvalue weighted by Crippen LogP contribution is -2.31. The highest BCUT2D eigenvalue weighted by Crippen LogP contribution is 2.20. The molecule has 0 aromatic carbocycles. The van der Waals surface area contributed by atoms with E-state index in [1.54, 1.807) is 6.92 Å². The van der Waals surface area contributed by atoms with Crippen molar-refractivity contribution in [2.45, 2.75) is 66.2 Å². The maximum atomic E-state index is 12.2. The number of rotatable bonds is 12. The lowest BCUT2D eigenvalue weighted by atomic mass is 9.90. The summed E-state index contributed by atoms with van der Waals surface area (Å²) in [5.41, 5.74) is 0. The zero-order valence-electron chi connectivity index (χ0n) is 14.6. The molecule has 4 nitrogen and oxygen atoms in total. The van der Waals surface area contributed by atoms with Gasteiger partial charge < -0.3 is 9.47 Å². The molecule has 0 saturated carbocycles. The Morgan fingerprint density at radius 3 is 1.95 bits per heavy atom. The maximum Gasteiger partial charge on any atom is 0.310 e. The van der Waals surface area contributed by atoms with Gasteiger partial charge in [-0.3, -0.25) is 9.59 Å². The number of carbonyl (C=O) groups is 2. The number of unbranched alkanes of at least 4 members (excludes halogenated alkanes) is 2. The van der Waals surface area contributed by atoms with Gasteiger partial charge in [-0.1, -0.05) is 52.7 Å². The van der Waals surface area contributed by atoms with Gasteiger partial charge in [-0.25, -0.2) is 0 Å². The molecular weight excluding hydrogens is 280 g/mol. The minimum Gasteiger partial charge on any atom is -0.465 e. The summed E-state index contributed by atoms with van der Waals surface area (Å²) >= 11 is 0. The fourth-order valence-electron chi connectivity index (χ4n) is 1.95. The van der Waals surface area contributed by atoms with Crippen LogP contribution in [0.2, 0.25) is 0 Å². The van der Waals surface area contributed by atoms with Crippen molar-refractivity contribution in [2.75, 3.05) is 13.2 Å². The molecule has 0 heterocycles. The van der Waals surface area contributed by atoms with Crippen molar-refractivity contribution in [3.05, 3.63) is 12.2 Å². The van der Waals surface area contributed by atoms with E-state index in [4.69, 9.17) is 9.47 Å². The Morgan fingerprint density at radius 2 is 1.45 bits per heavy atom. The largest absolute Gasteiger partial charge is 0.465 e. The molecule has 4 heteroatoms. The predicted molar refractivity (Wildman–Crippen MR) is 88.4 cm³/mol. The van der Waals surface area contributed by atoms with Crippen LogP contribution in [-0.2, 0) is 19.1 Å². The van der Waals surface area contributed by atoms with Crippen molar-refractivity contribution in [3.63, 3.8) is 0 Å². The minimum absolute atomic E-state index is 0.297. The lowest BCUT2D eigenvalue weighted by molar-refractivity contribution is -0.160. The molecular formula is C18H32O4. The van der Waals surface area contributed by atoms with E-state index in [-0.39, 0.29) is 11.9 Å². The number of carbonyl (C=O) groups excluding carboxylic acids is 2. The van der Waals surface area contributed by atoms with Crippen LogP contribution >= 0.6 is 0 Å². The minimum atomic E-state index is -0.479. The molecule has 22 heavy (non-hydrogen) atoms. The summed E-state index contributed by atoms with van der Waals surface area (Å²) in [7, 11) is 0. The fraction of sp³-hybridized carbons (Fsp3) is 0.778. The van der Waals surface area contributed by atoms with Gasteiger partial charge >= 0.3 is 11.9 Å². The van der Waals surface area contributed by atoms with Crippen molar-refractivity contribution in [1.82, 2.24) is 0 Å². The van der Waals surface area contributed by atoms with E-state index < -0.39 is 11.8 Å². The molecule has 0 aliphatic heterocycles. The summed E-state index contributed by atoms with van der Waals surface area (Å²) in [5.74, 6) is -1.55. The average molecular weight is 312 g/mol. The van der Waals surface area contributed by atoms with Gasteiger partial charge in [-0.05, 0) is 25.7 Å². The summed E-state index contributed by atoms with van der Waals surface area (Å²) in [5, 5.41) is 0. The van der Waals surface area contributed by atoms with Crippen molar-refractivity contribution in [1.29, 1.82) is 0 Å². The van der Waals surface area contributed by atoms with E-state index in [1.807, 2.05) is 32.9 Å². The first kappa shape index (κ1) is 20.7. The van der Waals surface area contributed by atoms with Crippen LogP contribution in [0.25, 0.3) is 0 Å². The van der Waals surface area contributed by atoms with E-state index in [1.165, 1.54) is 0 Å². The standard InChI is InChI=1S/C18H32O4/c1-5-8-11-12-16(18(20)22-14-10-7-3)15(4)17(19)21-13-9-6-2/h8,11,15-16H,5-7,9-10,12-14H2,1-4H3. The zero-order chi connectivity index (χ0) is 16.8. The zero-order valence-corrected chi connectivity index (χ0v) is 14.6. The lowest BCUT2D eigenvalue weighted by Gasteiger charge is -2.20. The van der Waals surface area contributed by atoms with E-state index in [0.29, 0.717) is 19.6 Å². The van der Waals surface area contributed by atoms with Crippen LogP contribution in [0, 0.1) is 11.8 Å². The monoisotopic (exact) mass is 312 g/mol. The topological polar surface area (TPSA) is 52.6 Å². The third-order valence-electron chi connectivity index (χ3n) is 3.55. The third-order valence-corrected chi connectivity index (χ3v) is 3.55. The number of esters is 2. The van der Waals surface area contributed by atoms with Crippen LogP contribution in [0.15, 0.2) is 12.2 Å². The number of allylic oxidation sites excluding steroid dienone is 2. The molecule has 0 aliphatic carbocycles. The molecule has 2 unspecified atom stereocenters. The molecule has 0 saturated heterocycles. The predicted octanol–water partition coefficient (Wildman–Crippen LogP) is 4.28. The Morgan fingerprint density at radius 1 is 0.909 bits per heavy atom. The molecule has 0 radical (unpaired) electrons. The van der Waals surface area contributed by atoms with Crippen LogP contribution in [0.5, 0.6) is 0 Å². The molecule has 0 rings (SSSR count). The van der Waals surface area contributed by atoms with Crippen molar-refractivity contribution < 1.29 is 19.1 Å². The van der Waals surface area contributed by atoms with Gasteiger partial charge in [0.2, 0.25) is 0 Å². The number of hydrogen-bond donors (Lipinski definition) is 0. The second-order valence-electron chi connectivity index (χ2n) is 5.55. The Bertz CT molecular complexity index is 336. The highest BCUT2D eigenvalue weighted by atomic mass is 16.5. The molecule has 0 fully saturated rings. The van der Waals surface area contributed by atoms with Crippen molar-refractivity contribution in [3.8, 4) is 0 Å². The van der Waals surface area contributed by atoms with Gasteiger partial charge in [0, 0.05) is 0 Å². The van der Waals surface area contributed by atoms with Crippen LogP contribution < -0.4 is 0 Å². The summed E-state index contributed by atoms with van der Waals surface area (Å²) in [4.78, 5) is 24.3. The van der Waals surface area contributed by atoms with Crippen molar-refractivity contribution in [2.24, 2.45) is 11.8 Å². The highest BCUT2D eigenvalue weighted by Gasteiger charge is 2.31. The van der Waals surface area contributed by atoms with E-state index >= 15 is 0 Å². The van der Waals surface area contributed by atoms with Crippen LogP contribution in [0.3, 0.4) is 0 Å². The molecule has 0 amide bonds. The van der Waals surface area contributed by atoms with Gasteiger partial charge in [0.15, 0.2) is 0 Å². The second-order valence-corrected chi connectivity index (χ2v) is 5.55. The van der Waals surface area contributed by atoms with Crippen LogP contribution in [-0.4, -0.2) is 25.2 Å². The Kier molecular flexibility index (Phi) is 12.5. The third kappa shape index (κ3) is 8.85. The smallest absolute Gasteiger partial charge is 0.310 e. The molecule has 0 N–H and O–H groups in total. The summed E-state index contributed by atoms with van der Waals surface area (Å²) in [6.45, 7) is 8.71. The summed E-state index contributed by atoms with van der Waals surface area (Å²) in [6.07, 6.45) is 9.02. The van der Waals surface area contributed by atoms with Gasteiger partial charge in [0.1, 0.15) is 0 Å². The number of ether oxygens (including phenoxy) is 2.